The molecule has 0 fully saturated rings. The minimum atomic E-state index is 0. The molecule has 0 aliphatic heterocycles. The lowest BCUT2D eigenvalue weighted by Gasteiger charge is -1.93. The fourth-order valence-corrected chi connectivity index (χ4v) is 0.850. The predicted molar refractivity (Wildman–Crippen MR) is 41.6 cm³/mol. The van der Waals surface area contributed by atoms with E-state index in [1.165, 1.54) is 5.56 Å². The largest absolute Gasteiger partial charge is 1.00 e. The molecular formula is C8H14ClNO. The Morgan fingerprint density at radius 2 is 1.73 bits per heavy atom. The average Bonchev–Trinajstić information content (AvgIpc) is 1.91. The molecule has 3 heteroatoms. The van der Waals surface area contributed by atoms with Gasteiger partial charge in [0, 0.05) is 5.56 Å². The van der Waals surface area contributed by atoms with Gasteiger partial charge in [0.05, 0.1) is 7.05 Å². The Morgan fingerprint density at radius 1 is 1.18 bits per heavy atom. The molecule has 0 atom stereocenters. The first-order chi connectivity index (χ1) is 4.43. The Kier molecular flexibility index (Phi) is 8.94. The van der Waals surface area contributed by atoms with Crippen LogP contribution in [0.4, 0.5) is 0 Å². The molecule has 0 aliphatic rings. The van der Waals surface area contributed by atoms with Crippen molar-refractivity contribution in [3.8, 4) is 0 Å². The third-order valence-corrected chi connectivity index (χ3v) is 1.28. The van der Waals surface area contributed by atoms with Crippen LogP contribution in [0.1, 0.15) is 5.56 Å². The summed E-state index contributed by atoms with van der Waals surface area (Å²) in [6.07, 6.45) is 0. The molecule has 1 aromatic rings. The van der Waals surface area contributed by atoms with E-state index >= 15 is 0 Å². The summed E-state index contributed by atoms with van der Waals surface area (Å²) in [4.78, 5) is 0. The van der Waals surface area contributed by atoms with Crippen molar-refractivity contribution in [3.63, 3.8) is 0 Å². The first-order valence-electron chi connectivity index (χ1n) is 3.25. The van der Waals surface area contributed by atoms with Crippen molar-refractivity contribution < 1.29 is 23.2 Å². The molecule has 0 aliphatic carbocycles. The highest BCUT2D eigenvalue weighted by atomic mass is 35.5. The van der Waals surface area contributed by atoms with Crippen LogP contribution in [0.2, 0.25) is 0 Å². The van der Waals surface area contributed by atoms with Gasteiger partial charge in [-0.25, -0.2) is 0 Å². The minimum absolute atomic E-state index is 0. The highest BCUT2D eigenvalue weighted by Crippen LogP contribution is 1.93. The number of rotatable bonds is 2. The molecular weight excluding hydrogens is 162 g/mol. The molecule has 0 saturated heterocycles. The van der Waals surface area contributed by atoms with E-state index in [-0.39, 0.29) is 17.9 Å². The van der Waals surface area contributed by atoms with Gasteiger partial charge in [-0.1, -0.05) is 30.3 Å². The molecule has 1 aromatic carbocycles. The zero-order valence-corrected chi connectivity index (χ0v) is 7.31. The van der Waals surface area contributed by atoms with Crippen LogP contribution in [0.5, 0.6) is 0 Å². The molecule has 0 heterocycles. The molecule has 0 radical (unpaired) electrons. The van der Waals surface area contributed by atoms with Crippen LogP contribution < -0.4 is 17.7 Å². The summed E-state index contributed by atoms with van der Waals surface area (Å²) in [6.45, 7) is 1.08. The van der Waals surface area contributed by atoms with E-state index in [1.807, 2.05) is 6.07 Å². The van der Waals surface area contributed by atoms with Gasteiger partial charge in [-0.05, 0) is 0 Å². The molecule has 0 bridgehead atoms. The Hall–Kier alpha value is -0.570. The Balaban J connectivity index is 0. The van der Waals surface area contributed by atoms with Crippen molar-refractivity contribution in [1.29, 1.82) is 0 Å². The van der Waals surface area contributed by atoms with E-state index < -0.39 is 0 Å². The van der Waals surface area contributed by atoms with Crippen LogP contribution >= 0.6 is 0 Å². The first kappa shape index (κ1) is 13.1. The molecule has 0 spiro atoms. The standard InChI is InChI=1S/C8H11N.ClH.H2O/c1-9-7-8-5-3-2-4-6-8;;/h2-6,9H,7H2,1H3;1H;1H2. The third kappa shape index (κ3) is 4.79. The molecule has 0 unspecified atom stereocenters. The number of benzene rings is 1. The van der Waals surface area contributed by atoms with Gasteiger partial charge in [0.2, 0.25) is 0 Å². The third-order valence-electron chi connectivity index (χ3n) is 1.28. The molecule has 0 amide bonds. The van der Waals surface area contributed by atoms with E-state index in [0.717, 1.165) is 6.54 Å². The van der Waals surface area contributed by atoms with Gasteiger partial charge in [0.1, 0.15) is 6.54 Å². The van der Waals surface area contributed by atoms with Gasteiger partial charge in [0.15, 0.2) is 0 Å². The van der Waals surface area contributed by atoms with Gasteiger partial charge >= 0.3 is 0 Å². The zero-order chi connectivity index (χ0) is 6.53. The maximum absolute atomic E-state index is 2.16. The highest BCUT2D eigenvalue weighted by molar-refractivity contribution is 5.12. The number of nitrogens with two attached hydrogens (primary N) is 1. The zero-order valence-electron chi connectivity index (χ0n) is 6.55. The fourth-order valence-electron chi connectivity index (χ4n) is 0.850. The van der Waals surface area contributed by atoms with Crippen molar-refractivity contribution in [2.75, 3.05) is 7.05 Å². The van der Waals surface area contributed by atoms with Gasteiger partial charge in [-0.2, -0.15) is 0 Å². The summed E-state index contributed by atoms with van der Waals surface area (Å²) in [6, 6.07) is 10.5. The second-order valence-electron chi connectivity index (χ2n) is 2.10. The summed E-state index contributed by atoms with van der Waals surface area (Å²) in [7, 11) is 2.08. The fraction of sp³-hybridized carbons (Fsp3) is 0.250. The Morgan fingerprint density at radius 3 is 2.18 bits per heavy atom. The topological polar surface area (TPSA) is 48.1 Å². The van der Waals surface area contributed by atoms with Crippen LogP contribution in [0, 0.1) is 0 Å². The predicted octanol–water partition coefficient (Wildman–Crippen LogP) is -3.44. The maximum Gasteiger partial charge on any atom is 0.101 e. The van der Waals surface area contributed by atoms with Gasteiger partial charge in [-0.3, -0.25) is 0 Å². The Labute approximate surface area is 73.3 Å². The monoisotopic (exact) mass is 175 g/mol. The average molecular weight is 176 g/mol. The lowest BCUT2D eigenvalue weighted by molar-refractivity contribution is -0.643. The van der Waals surface area contributed by atoms with E-state index in [1.54, 1.807) is 0 Å². The Bertz CT molecular complexity index is 167. The SMILES string of the molecule is C[NH2+]Cc1ccccc1.O.[Cl-]. The second kappa shape index (κ2) is 7.54. The van der Waals surface area contributed by atoms with Crippen LogP contribution in [0.15, 0.2) is 30.3 Å². The molecule has 1 rings (SSSR count). The van der Waals surface area contributed by atoms with E-state index in [4.69, 9.17) is 0 Å². The number of hydrogen-bond acceptors (Lipinski definition) is 0. The normalized spacial score (nSPS) is 7.73. The minimum Gasteiger partial charge on any atom is -1.00 e. The summed E-state index contributed by atoms with van der Waals surface area (Å²) in [5.74, 6) is 0. The molecule has 11 heavy (non-hydrogen) atoms. The van der Waals surface area contributed by atoms with Crippen molar-refractivity contribution in [1.82, 2.24) is 0 Å². The molecule has 2 nitrogen and oxygen atoms in total. The molecule has 4 N–H and O–H groups in total. The highest BCUT2D eigenvalue weighted by Gasteiger charge is 1.86. The van der Waals surface area contributed by atoms with E-state index in [0.29, 0.717) is 0 Å². The van der Waals surface area contributed by atoms with Crippen molar-refractivity contribution in [2.45, 2.75) is 6.54 Å². The number of halogens is 1. The van der Waals surface area contributed by atoms with Crippen molar-refractivity contribution >= 4 is 0 Å². The molecule has 0 aromatic heterocycles. The summed E-state index contributed by atoms with van der Waals surface area (Å²) in [5, 5.41) is 2.16. The lowest BCUT2D eigenvalue weighted by Crippen LogP contribution is -3.00. The first-order valence-corrected chi connectivity index (χ1v) is 3.25. The number of hydrogen-bond donors (Lipinski definition) is 1. The van der Waals surface area contributed by atoms with Crippen LogP contribution in [-0.4, -0.2) is 12.5 Å². The van der Waals surface area contributed by atoms with Crippen molar-refractivity contribution in [2.24, 2.45) is 0 Å². The van der Waals surface area contributed by atoms with Gasteiger partial charge < -0.3 is 23.2 Å². The summed E-state index contributed by atoms with van der Waals surface area (Å²) < 4.78 is 0. The van der Waals surface area contributed by atoms with Gasteiger partial charge in [-0.15, -0.1) is 0 Å². The van der Waals surface area contributed by atoms with Crippen LogP contribution in [0.3, 0.4) is 0 Å². The molecule has 0 saturated carbocycles. The van der Waals surface area contributed by atoms with E-state index in [9.17, 15) is 0 Å². The maximum atomic E-state index is 2.16. The second-order valence-corrected chi connectivity index (χ2v) is 2.10. The summed E-state index contributed by atoms with van der Waals surface area (Å²) in [5.41, 5.74) is 1.39. The quantitative estimate of drug-likeness (QED) is 0.487. The van der Waals surface area contributed by atoms with Crippen molar-refractivity contribution in [3.05, 3.63) is 35.9 Å². The smallest absolute Gasteiger partial charge is 0.101 e. The molecule has 64 valence electrons. The lowest BCUT2D eigenvalue weighted by atomic mass is 10.2. The van der Waals surface area contributed by atoms with Crippen LogP contribution in [-0.2, 0) is 6.54 Å². The van der Waals surface area contributed by atoms with Crippen LogP contribution in [0.25, 0.3) is 0 Å². The van der Waals surface area contributed by atoms with E-state index in [2.05, 4.69) is 36.6 Å². The number of quaternary nitrogens is 1. The summed E-state index contributed by atoms with van der Waals surface area (Å²) >= 11 is 0. The van der Waals surface area contributed by atoms with Gasteiger partial charge in [0.25, 0.3) is 0 Å².